The van der Waals surface area contributed by atoms with Gasteiger partial charge in [-0.25, -0.2) is 0 Å². The second-order valence-corrected chi connectivity index (χ2v) is 6.59. The molecular weight excluding hydrogens is 301 g/mol. The number of aryl methyl sites for hydroxylation is 1. The molecule has 0 radical (unpaired) electrons. The van der Waals surface area contributed by atoms with Gasteiger partial charge in [-0.2, -0.15) is 0 Å². The number of halogens is 2. The highest BCUT2D eigenvalue weighted by atomic mass is 35.5. The molecule has 5 heteroatoms. The van der Waals surface area contributed by atoms with Crippen LogP contribution in [0.15, 0.2) is 30.3 Å². The molecule has 100 valence electrons. The zero-order valence-corrected chi connectivity index (χ0v) is 12.9. The number of likely N-dealkylation sites (N-methyl/N-ethyl adjacent to an activating group) is 1. The van der Waals surface area contributed by atoms with E-state index in [9.17, 15) is 4.79 Å². The number of benzene rings is 1. The van der Waals surface area contributed by atoms with Gasteiger partial charge in [0.05, 0.1) is 16.4 Å². The molecule has 0 spiro atoms. The maximum absolute atomic E-state index is 12.2. The monoisotopic (exact) mass is 313 g/mol. The Bertz CT molecular complexity index is 609. The van der Waals surface area contributed by atoms with Crippen LogP contribution in [0.1, 0.15) is 15.9 Å². The van der Waals surface area contributed by atoms with E-state index in [4.69, 9.17) is 23.2 Å². The molecule has 1 aromatic carbocycles. The van der Waals surface area contributed by atoms with Gasteiger partial charge in [0.2, 0.25) is 0 Å². The standard InChI is InChI=1S/C14H13Cl2NOS/c1-9-5-3-4-6-11(9)17(2)8-12(18)10-7-13(15)19-14(10)16/h3-7H,8H2,1-2H3. The van der Waals surface area contributed by atoms with E-state index in [1.165, 1.54) is 11.3 Å². The van der Waals surface area contributed by atoms with Crippen molar-refractivity contribution in [2.24, 2.45) is 0 Å². The number of anilines is 1. The Balaban J connectivity index is 2.15. The number of hydrogen-bond acceptors (Lipinski definition) is 3. The third-order valence-corrected chi connectivity index (χ3v) is 4.35. The van der Waals surface area contributed by atoms with E-state index in [2.05, 4.69) is 0 Å². The summed E-state index contributed by atoms with van der Waals surface area (Å²) in [6, 6.07) is 9.57. The summed E-state index contributed by atoms with van der Waals surface area (Å²) < 4.78 is 0.986. The summed E-state index contributed by atoms with van der Waals surface area (Å²) in [5, 5.41) is 0. The van der Waals surface area contributed by atoms with E-state index in [0.717, 1.165) is 11.3 Å². The molecule has 1 heterocycles. The van der Waals surface area contributed by atoms with Crippen molar-refractivity contribution in [2.45, 2.75) is 6.92 Å². The summed E-state index contributed by atoms with van der Waals surface area (Å²) in [5.41, 5.74) is 2.66. The molecule has 0 saturated carbocycles. The van der Waals surface area contributed by atoms with E-state index in [1.54, 1.807) is 6.07 Å². The van der Waals surface area contributed by atoms with Crippen LogP contribution in [0.4, 0.5) is 5.69 Å². The molecule has 2 nitrogen and oxygen atoms in total. The van der Waals surface area contributed by atoms with Crippen LogP contribution in [0.5, 0.6) is 0 Å². The van der Waals surface area contributed by atoms with Crippen LogP contribution in [-0.4, -0.2) is 19.4 Å². The fourth-order valence-corrected chi connectivity index (χ4v) is 3.41. The lowest BCUT2D eigenvalue weighted by atomic mass is 10.1. The fourth-order valence-electron chi connectivity index (χ4n) is 1.91. The molecule has 0 saturated heterocycles. The van der Waals surface area contributed by atoms with Crippen molar-refractivity contribution in [3.63, 3.8) is 0 Å². The lowest BCUT2D eigenvalue weighted by Crippen LogP contribution is -2.26. The summed E-state index contributed by atoms with van der Waals surface area (Å²) in [5.74, 6) is -0.0288. The Labute approximate surface area is 126 Å². The van der Waals surface area contributed by atoms with Crippen molar-refractivity contribution in [2.75, 3.05) is 18.5 Å². The van der Waals surface area contributed by atoms with Gasteiger partial charge in [0.1, 0.15) is 4.34 Å². The molecule has 0 aliphatic rings. The van der Waals surface area contributed by atoms with E-state index < -0.39 is 0 Å². The molecule has 0 aliphatic carbocycles. The van der Waals surface area contributed by atoms with Gasteiger partial charge in [0, 0.05) is 12.7 Å². The van der Waals surface area contributed by atoms with E-state index in [-0.39, 0.29) is 12.3 Å². The maximum atomic E-state index is 12.2. The first-order valence-corrected chi connectivity index (χ1v) is 7.31. The summed E-state index contributed by atoms with van der Waals surface area (Å²) in [4.78, 5) is 14.1. The second kappa shape index (κ2) is 5.95. The number of nitrogens with zero attached hydrogens (tertiary/aromatic N) is 1. The summed E-state index contributed by atoms with van der Waals surface area (Å²) >= 11 is 13.1. The minimum atomic E-state index is -0.0288. The van der Waals surface area contributed by atoms with Gasteiger partial charge in [0.15, 0.2) is 5.78 Å². The van der Waals surface area contributed by atoms with Crippen LogP contribution in [0.2, 0.25) is 8.67 Å². The average molecular weight is 314 g/mol. The molecule has 19 heavy (non-hydrogen) atoms. The van der Waals surface area contributed by atoms with Crippen LogP contribution in [-0.2, 0) is 0 Å². The first-order chi connectivity index (χ1) is 8.99. The predicted octanol–water partition coefficient (Wildman–Crippen LogP) is 4.68. The van der Waals surface area contributed by atoms with E-state index in [1.807, 2.05) is 43.1 Å². The van der Waals surface area contributed by atoms with Gasteiger partial charge in [-0.15, -0.1) is 11.3 Å². The number of ketones is 1. The highest BCUT2D eigenvalue weighted by Gasteiger charge is 2.16. The second-order valence-electron chi connectivity index (χ2n) is 4.30. The van der Waals surface area contributed by atoms with Crippen LogP contribution in [0.25, 0.3) is 0 Å². The molecule has 0 aliphatic heterocycles. The van der Waals surface area contributed by atoms with Crippen LogP contribution in [0, 0.1) is 6.92 Å². The predicted molar refractivity (Wildman–Crippen MR) is 83.1 cm³/mol. The minimum Gasteiger partial charge on any atom is -0.367 e. The van der Waals surface area contributed by atoms with Crippen molar-refractivity contribution in [3.8, 4) is 0 Å². The van der Waals surface area contributed by atoms with Crippen molar-refractivity contribution >= 4 is 46.0 Å². The molecule has 0 unspecified atom stereocenters. The SMILES string of the molecule is Cc1ccccc1N(C)CC(=O)c1cc(Cl)sc1Cl. The molecular formula is C14H13Cl2NOS. The number of Topliss-reactive ketones (excluding diaryl/α,β-unsaturated/α-hetero) is 1. The average Bonchev–Trinajstić information content (AvgIpc) is 2.69. The van der Waals surface area contributed by atoms with Crippen LogP contribution in [0.3, 0.4) is 0 Å². The molecule has 1 aromatic heterocycles. The lowest BCUT2D eigenvalue weighted by Gasteiger charge is -2.20. The van der Waals surface area contributed by atoms with Gasteiger partial charge in [0.25, 0.3) is 0 Å². The molecule has 0 amide bonds. The van der Waals surface area contributed by atoms with E-state index >= 15 is 0 Å². The Morgan fingerprint density at radius 1 is 1.32 bits per heavy atom. The number of hydrogen-bond donors (Lipinski definition) is 0. The Morgan fingerprint density at radius 2 is 2.00 bits per heavy atom. The number of carbonyl (C=O) groups excluding carboxylic acids is 1. The summed E-state index contributed by atoms with van der Waals surface area (Å²) in [6.45, 7) is 2.29. The minimum absolute atomic E-state index is 0.0288. The van der Waals surface area contributed by atoms with Crippen molar-refractivity contribution < 1.29 is 4.79 Å². The molecule has 0 fully saturated rings. The zero-order chi connectivity index (χ0) is 14.0. The Morgan fingerprint density at radius 3 is 2.58 bits per heavy atom. The molecule has 2 rings (SSSR count). The molecule has 0 N–H and O–H groups in total. The highest BCUT2D eigenvalue weighted by molar-refractivity contribution is 7.20. The van der Waals surface area contributed by atoms with Crippen LogP contribution >= 0.6 is 34.5 Å². The zero-order valence-electron chi connectivity index (χ0n) is 10.6. The topological polar surface area (TPSA) is 20.3 Å². The first-order valence-electron chi connectivity index (χ1n) is 5.74. The van der Waals surface area contributed by atoms with Gasteiger partial charge >= 0.3 is 0 Å². The number of para-hydroxylation sites is 1. The smallest absolute Gasteiger partial charge is 0.184 e. The Hall–Kier alpha value is -1.03. The van der Waals surface area contributed by atoms with Crippen molar-refractivity contribution in [3.05, 3.63) is 50.1 Å². The highest BCUT2D eigenvalue weighted by Crippen LogP contribution is 2.31. The largest absolute Gasteiger partial charge is 0.367 e. The Kier molecular flexibility index (Phi) is 4.50. The molecule has 0 bridgehead atoms. The van der Waals surface area contributed by atoms with E-state index in [0.29, 0.717) is 14.2 Å². The number of thiophene rings is 1. The quantitative estimate of drug-likeness (QED) is 0.764. The van der Waals surface area contributed by atoms with Gasteiger partial charge in [-0.05, 0) is 24.6 Å². The summed E-state index contributed by atoms with van der Waals surface area (Å²) in [7, 11) is 1.89. The van der Waals surface area contributed by atoms with Gasteiger partial charge in [-0.3, -0.25) is 4.79 Å². The van der Waals surface area contributed by atoms with Crippen molar-refractivity contribution in [1.29, 1.82) is 0 Å². The lowest BCUT2D eigenvalue weighted by molar-refractivity contribution is 0.100. The number of rotatable bonds is 4. The van der Waals surface area contributed by atoms with Gasteiger partial charge < -0.3 is 4.90 Å². The third kappa shape index (κ3) is 3.30. The first kappa shape index (κ1) is 14.4. The molecule has 2 aromatic rings. The maximum Gasteiger partial charge on any atom is 0.184 e. The van der Waals surface area contributed by atoms with Gasteiger partial charge in [-0.1, -0.05) is 41.4 Å². The molecule has 0 atom stereocenters. The van der Waals surface area contributed by atoms with Crippen molar-refractivity contribution in [1.82, 2.24) is 0 Å². The fraction of sp³-hybridized carbons (Fsp3) is 0.214. The van der Waals surface area contributed by atoms with Crippen LogP contribution < -0.4 is 4.90 Å². The third-order valence-electron chi connectivity index (χ3n) is 2.86. The normalized spacial score (nSPS) is 10.5. The summed E-state index contributed by atoms with van der Waals surface area (Å²) in [6.07, 6.45) is 0. The number of carbonyl (C=O) groups is 1.